The zero-order valence-electron chi connectivity index (χ0n) is 15.8. The molecule has 2 N–H and O–H groups in total. The van der Waals surface area contributed by atoms with Crippen LogP contribution in [0.2, 0.25) is 5.02 Å². The molecule has 2 aromatic heterocycles. The molecule has 140 valence electrons. The van der Waals surface area contributed by atoms with E-state index in [1.165, 1.54) is 11.1 Å². The number of nitrogens with zero attached hydrogens (tertiary/aromatic N) is 4. The minimum absolute atomic E-state index is 0.451. The summed E-state index contributed by atoms with van der Waals surface area (Å²) < 4.78 is 0. The summed E-state index contributed by atoms with van der Waals surface area (Å²) in [6.45, 7) is 6.10. The number of rotatable bonds is 4. The van der Waals surface area contributed by atoms with Crippen LogP contribution >= 0.6 is 11.6 Å². The molecule has 4 aromatic rings. The van der Waals surface area contributed by atoms with Gasteiger partial charge in [-0.15, -0.1) is 0 Å². The van der Waals surface area contributed by atoms with Crippen LogP contribution in [0.15, 0.2) is 48.8 Å². The third-order valence-corrected chi connectivity index (χ3v) is 4.49. The van der Waals surface area contributed by atoms with Gasteiger partial charge in [0.1, 0.15) is 0 Å². The van der Waals surface area contributed by atoms with E-state index in [2.05, 4.69) is 50.5 Å². The van der Waals surface area contributed by atoms with E-state index in [-0.39, 0.29) is 0 Å². The van der Waals surface area contributed by atoms with Crippen molar-refractivity contribution >= 4 is 45.9 Å². The Bertz CT molecular complexity index is 1150. The topological polar surface area (TPSA) is 75.6 Å². The molecule has 0 amide bonds. The Morgan fingerprint density at radius 3 is 2.32 bits per heavy atom. The lowest BCUT2D eigenvalue weighted by Gasteiger charge is -2.13. The number of halogens is 1. The third kappa shape index (κ3) is 3.87. The van der Waals surface area contributed by atoms with Crippen LogP contribution in [0, 0.1) is 20.8 Å². The van der Waals surface area contributed by atoms with Crippen molar-refractivity contribution in [1.29, 1.82) is 0 Å². The van der Waals surface area contributed by atoms with Gasteiger partial charge in [0.05, 0.1) is 0 Å². The second-order valence-electron chi connectivity index (χ2n) is 6.71. The van der Waals surface area contributed by atoms with Crippen molar-refractivity contribution in [1.82, 2.24) is 19.9 Å². The first-order valence-electron chi connectivity index (χ1n) is 8.85. The normalized spacial score (nSPS) is 10.9. The Labute approximate surface area is 168 Å². The van der Waals surface area contributed by atoms with Crippen LogP contribution in [0.4, 0.5) is 23.1 Å². The van der Waals surface area contributed by atoms with E-state index in [0.717, 1.165) is 16.9 Å². The Morgan fingerprint density at radius 2 is 1.57 bits per heavy atom. The number of hydrogen-bond donors (Lipinski definition) is 2. The third-order valence-electron chi connectivity index (χ3n) is 4.25. The van der Waals surface area contributed by atoms with E-state index in [1.807, 2.05) is 37.3 Å². The molecular weight excluding hydrogens is 372 g/mol. The van der Waals surface area contributed by atoms with Gasteiger partial charge in [-0.1, -0.05) is 17.7 Å². The Morgan fingerprint density at radius 1 is 0.821 bits per heavy atom. The van der Waals surface area contributed by atoms with Crippen molar-refractivity contribution in [3.8, 4) is 0 Å². The van der Waals surface area contributed by atoms with Gasteiger partial charge in [0.2, 0.25) is 5.95 Å². The standard InChI is InChI=1S/C21H19ClN6/c1-12-8-13(2)10-16(9-12)25-21-27-19-18(23-6-7-24-19)20(28-21)26-17-5-4-15(22)11-14(17)3/h4-11H,1-3H3,(H2,24,25,26,27,28). The van der Waals surface area contributed by atoms with Gasteiger partial charge in [-0.2, -0.15) is 9.97 Å². The first-order valence-corrected chi connectivity index (χ1v) is 9.23. The molecule has 0 saturated heterocycles. The second kappa shape index (κ2) is 7.40. The summed E-state index contributed by atoms with van der Waals surface area (Å²) >= 11 is 6.07. The molecule has 0 spiro atoms. The molecule has 0 fully saturated rings. The lowest BCUT2D eigenvalue weighted by atomic mass is 10.1. The van der Waals surface area contributed by atoms with Gasteiger partial charge in [0, 0.05) is 28.8 Å². The Hall–Kier alpha value is -3.25. The van der Waals surface area contributed by atoms with Gasteiger partial charge in [0.25, 0.3) is 0 Å². The zero-order chi connectivity index (χ0) is 19.7. The molecule has 2 heterocycles. The quantitative estimate of drug-likeness (QED) is 0.480. The van der Waals surface area contributed by atoms with Crippen molar-refractivity contribution in [2.45, 2.75) is 20.8 Å². The lowest BCUT2D eigenvalue weighted by Crippen LogP contribution is -2.05. The molecule has 0 radical (unpaired) electrons. The van der Waals surface area contributed by atoms with E-state index in [0.29, 0.717) is 28.0 Å². The molecule has 6 nitrogen and oxygen atoms in total. The van der Waals surface area contributed by atoms with Crippen LogP contribution in [0.25, 0.3) is 11.2 Å². The van der Waals surface area contributed by atoms with E-state index in [4.69, 9.17) is 11.6 Å². The molecule has 0 saturated carbocycles. The second-order valence-corrected chi connectivity index (χ2v) is 7.15. The molecule has 4 rings (SSSR count). The van der Waals surface area contributed by atoms with Crippen LogP contribution in [-0.2, 0) is 0 Å². The molecule has 2 aromatic carbocycles. The molecular formula is C21H19ClN6. The van der Waals surface area contributed by atoms with Crippen LogP contribution in [0.1, 0.15) is 16.7 Å². The maximum absolute atomic E-state index is 6.07. The Kier molecular flexibility index (Phi) is 4.79. The monoisotopic (exact) mass is 390 g/mol. The van der Waals surface area contributed by atoms with Crippen LogP contribution in [0.5, 0.6) is 0 Å². The fraction of sp³-hybridized carbons (Fsp3) is 0.143. The first kappa shape index (κ1) is 18.1. The lowest BCUT2D eigenvalue weighted by molar-refractivity contribution is 1.14. The first-order chi connectivity index (χ1) is 13.5. The predicted molar refractivity (Wildman–Crippen MR) is 114 cm³/mol. The summed E-state index contributed by atoms with van der Waals surface area (Å²) in [7, 11) is 0. The van der Waals surface area contributed by atoms with Gasteiger partial charge < -0.3 is 10.6 Å². The highest BCUT2D eigenvalue weighted by Crippen LogP contribution is 2.27. The minimum atomic E-state index is 0.451. The SMILES string of the molecule is Cc1cc(C)cc(Nc2nc(Nc3ccc(Cl)cc3C)c3nccnc3n2)c1. The minimum Gasteiger partial charge on any atom is -0.338 e. The Balaban J connectivity index is 1.76. The smallest absolute Gasteiger partial charge is 0.231 e. The fourth-order valence-electron chi connectivity index (χ4n) is 3.08. The number of anilines is 4. The molecule has 0 aliphatic heterocycles. The fourth-order valence-corrected chi connectivity index (χ4v) is 3.30. The van der Waals surface area contributed by atoms with Crippen molar-refractivity contribution < 1.29 is 0 Å². The van der Waals surface area contributed by atoms with Crippen molar-refractivity contribution in [2.75, 3.05) is 10.6 Å². The molecule has 0 aliphatic rings. The van der Waals surface area contributed by atoms with Gasteiger partial charge in [0.15, 0.2) is 17.0 Å². The molecule has 0 bridgehead atoms. The summed E-state index contributed by atoms with van der Waals surface area (Å²) in [5.74, 6) is 1.03. The summed E-state index contributed by atoms with van der Waals surface area (Å²) in [6.07, 6.45) is 3.25. The average molecular weight is 391 g/mol. The largest absolute Gasteiger partial charge is 0.338 e. The maximum atomic E-state index is 6.07. The van der Waals surface area contributed by atoms with E-state index < -0.39 is 0 Å². The van der Waals surface area contributed by atoms with Crippen LogP contribution in [-0.4, -0.2) is 19.9 Å². The number of fused-ring (bicyclic) bond motifs is 1. The number of hydrogen-bond acceptors (Lipinski definition) is 6. The maximum Gasteiger partial charge on any atom is 0.231 e. The number of aromatic nitrogens is 4. The van der Waals surface area contributed by atoms with Gasteiger partial charge in [-0.3, -0.25) is 0 Å². The molecule has 7 heteroatoms. The van der Waals surface area contributed by atoms with Crippen LogP contribution < -0.4 is 10.6 Å². The van der Waals surface area contributed by atoms with E-state index in [9.17, 15) is 0 Å². The summed E-state index contributed by atoms with van der Waals surface area (Å²) in [6, 6.07) is 11.9. The van der Waals surface area contributed by atoms with Crippen molar-refractivity contribution in [3.05, 3.63) is 70.5 Å². The molecule has 0 atom stereocenters. The van der Waals surface area contributed by atoms with Gasteiger partial charge in [-0.25, -0.2) is 9.97 Å². The summed E-state index contributed by atoms with van der Waals surface area (Å²) in [5, 5.41) is 7.30. The average Bonchev–Trinajstić information content (AvgIpc) is 2.63. The molecule has 0 aliphatic carbocycles. The van der Waals surface area contributed by atoms with Gasteiger partial charge in [-0.05, 0) is 67.8 Å². The number of benzene rings is 2. The molecule has 28 heavy (non-hydrogen) atoms. The van der Waals surface area contributed by atoms with Crippen molar-refractivity contribution in [3.63, 3.8) is 0 Å². The van der Waals surface area contributed by atoms with E-state index >= 15 is 0 Å². The highest BCUT2D eigenvalue weighted by Gasteiger charge is 2.12. The number of nitrogens with one attached hydrogen (secondary N) is 2. The summed E-state index contributed by atoms with van der Waals surface area (Å²) in [4.78, 5) is 17.9. The number of aryl methyl sites for hydroxylation is 3. The van der Waals surface area contributed by atoms with E-state index in [1.54, 1.807) is 12.4 Å². The summed E-state index contributed by atoms with van der Waals surface area (Å²) in [5.41, 5.74) is 6.27. The van der Waals surface area contributed by atoms with Gasteiger partial charge >= 0.3 is 0 Å². The van der Waals surface area contributed by atoms with Crippen LogP contribution in [0.3, 0.4) is 0 Å². The molecule has 0 unspecified atom stereocenters. The predicted octanol–water partition coefficient (Wildman–Crippen LogP) is 5.49. The highest BCUT2D eigenvalue weighted by atomic mass is 35.5. The van der Waals surface area contributed by atoms with Crippen molar-refractivity contribution in [2.24, 2.45) is 0 Å². The highest BCUT2D eigenvalue weighted by molar-refractivity contribution is 6.30. The zero-order valence-corrected chi connectivity index (χ0v) is 16.5.